The van der Waals surface area contributed by atoms with Crippen molar-refractivity contribution in [3.63, 3.8) is 0 Å². The van der Waals surface area contributed by atoms with Gasteiger partial charge in [0.15, 0.2) is 5.17 Å². The van der Waals surface area contributed by atoms with Crippen molar-refractivity contribution in [1.29, 1.82) is 0 Å². The molecule has 0 unspecified atom stereocenters. The van der Waals surface area contributed by atoms with Crippen LogP contribution in [0.2, 0.25) is 0 Å². The second-order valence-corrected chi connectivity index (χ2v) is 6.59. The number of nitrogens with one attached hydrogen (secondary N) is 1. The summed E-state index contributed by atoms with van der Waals surface area (Å²) in [7, 11) is 4.19. The van der Waals surface area contributed by atoms with Crippen LogP contribution in [0.5, 0.6) is 0 Å². The lowest BCUT2D eigenvalue weighted by Crippen LogP contribution is -2.42. The standard InChI is InChI=1S/C11H23N3S/c1-10(2)8-15-9(13-10)12-7-11(3,4)14(5)6/h7-8H2,1-6H3,(H,12,13). The van der Waals surface area contributed by atoms with Crippen LogP contribution in [-0.4, -0.2) is 47.5 Å². The quantitative estimate of drug-likeness (QED) is 0.799. The molecule has 0 atom stereocenters. The second kappa shape index (κ2) is 4.34. The number of likely N-dealkylation sites (N-methyl/N-ethyl adjacent to an activating group) is 1. The first-order valence-corrected chi connectivity index (χ1v) is 6.34. The third kappa shape index (κ3) is 3.68. The fourth-order valence-corrected chi connectivity index (χ4v) is 2.18. The van der Waals surface area contributed by atoms with Gasteiger partial charge in [-0.1, -0.05) is 11.8 Å². The van der Waals surface area contributed by atoms with Crippen molar-refractivity contribution in [3.8, 4) is 0 Å². The maximum absolute atomic E-state index is 4.64. The van der Waals surface area contributed by atoms with E-state index >= 15 is 0 Å². The zero-order chi connectivity index (χ0) is 11.7. The largest absolute Gasteiger partial charge is 0.359 e. The van der Waals surface area contributed by atoms with Gasteiger partial charge in [-0.25, -0.2) is 0 Å². The third-order valence-electron chi connectivity index (χ3n) is 2.84. The lowest BCUT2D eigenvalue weighted by Gasteiger charge is -2.30. The lowest BCUT2D eigenvalue weighted by molar-refractivity contribution is 0.205. The molecular weight excluding hydrogens is 206 g/mol. The monoisotopic (exact) mass is 229 g/mol. The summed E-state index contributed by atoms with van der Waals surface area (Å²) < 4.78 is 0. The van der Waals surface area contributed by atoms with Crippen LogP contribution in [0, 0.1) is 0 Å². The molecule has 0 spiro atoms. The van der Waals surface area contributed by atoms with Crippen LogP contribution < -0.4 is 5.32 Å². The molecule has 1 aliphatic heterocycles. The number of hydrogen-bond acceptors (Lipinski definition) is 3. The Labute approximate surface area is 97.7 Å². The zero-order valence-corrected chi connectivity index (χ0v) is 11.5. The average Bonchev–Trinajstić information content (AvgIpc) is 2.42. The SMILES string of the molecule is CN(C)C(C)(C)CN=C1NC(C)(C)CS1. The maximum Gasteiger partial charge on any atom is 0.157 e. The third-order valence-corrected chi connectivity index (χ3v) is 4.21. The van der Waals surface area contributed by atoms with E-state index in [1.807, 2.05) is 11.8 Å². The summed E-state index contributed by atoms with van der Waals surface area (Å²) in [6.07, 6.45) is 0. The van der Waals surface area contributed by atoms with Gasteiger partial charge in [0, 0.05) is 16.8 Å². The number of aliphatic imine (C=N–C) groups is 1. The van der Waals surface area contributed by atoms with E-state index < -0.39 is 0 Å². The molecule has 1 rings (SSSR count). The summed E-state index contributed by atoms with van der Waals surface area (Å²) in [5.74, 6) is 1.11. The first-order chi connectivity index (χ1) is 6.73. The molecule has 1 heterocycles. The molecule has 0 aromatic carbocycles. The molecule has 1 saturated heterocycles. The molecule has 1 fully saturated rings. The Kier molecular flexibility index (Phi) is 3.71. The van der Waals surface area contributed by atoms with Crippen molar-refractivity contribution >= 4 is 16.9 Å². The minimum absolute atomic E-state index is 0.127. The molecule has 0 aromatic heterocycles. The molecule has 0 bridgehead atoms. The highest BCUT2D eigenvalue weighted by molar-refractivity contribution is 8.14. The predicted molar refractivity (Wildman–Crippen MR) is 69.7 cm³/mol. The van der Waals surface area contributed by atoms with Crippen LogP contribution in [0.4, 0.5) is 0 Å². The fraction of sp³-hybridized carbons (Fsp3) is 0.909. The number of hydrogen-bond donors (Lipinski definition) is 1. The maximum atomic E-state index is 4.64. The van der Waals surface area contributed by atoms with Gasteiger partial charge in [-0.05, 0) is 41.8 Å². The van der Waals surface area contributed by atoms with E-state index in [-0.39, 0.29) is 11.1 Å². The van der Waals surface area contributed by atoms with E-state index in [1.54, 1.807) is 0 Å². The van der Waals surface area contributed by atoms with Crippen molar-refractivity contribution in [1.82, 2.24) is 10.2 Å². The lowest BCUT2D eigenvalue weighted by atomic mass is 10.1. The number of rotatable bonds is 3. The van der Waals surface area contributed by atoms with Gasteiger partial charge in [0.1, 0.15) is 0 Å². The Balaban J connectivity index is 2.53. The molecule has 0 radical (unpaired) electrons. The Morgan fingerprint density at radius 1 is 1.47 bits per heavy atom. The second-order valence-electron chi connectivity index (χ2n) is 5.63. The molecule has 1 aliphatic rings. The summed E-state index contributed by atoms with van der Waals surface area (Å²) in [6.45, 7) is 9.67. The molecule has 3 nitrogen and oxygen atoms in total. The van der Waals surface area contributed by atoms with Gasteiger partial charge >= 0.3 is 0 Å². The van der Waals surface area contributed by atoms with Gasteiger partial charge in [0.25, 0.3) is 0 Å². The van der Waals surface area contributed by atoms with Crippen molar-refractivity contribution in [2.75, 3.05) is 26.4 Å². The van der Waals surface area contributed by atoms with E-state index in [2.05, 4.69) is 57.0 Å². The van der Waals surface area contributed by atoms with Gasteiger partial charge in [-0.2, -0.15) is 0 Å². The normalized spacial score (nSPS) is 23.5. The topological polar surface area (TPSA) is 27.6 Å². The highest BCUT2D eigenvalue weighted by Crippen LogP contribution is 2.22. The smallest absolute Gasteiger partial charge is 0.157 e. The van der Waals surface area contributed by atoms with Gasteiger partial charge < -0.3 is 10.2 Å². The van der Waals surface area contributed by atoms with Crippen molar-refractivity contribution in [2.45, 2.75) is 38.8 Å². The first-order valence-electron chi connectivity index (χ1n) is 5.36. The minimum Gasteiger partial charge on any atom is -0.359 e. The van der Waals surface area contributed by atoms with Crippen LogP contribution in [0.1, 0.15) is 27.7 Å². The van der Waals surface area contributed by atoms with Gasteiger partial charge in [0.2, 0.25) is 0 Å². The number of nitrogens with zero attached hydrogens (tertiary/aromatic N) is 2. The molecule has 1 N–H and O–H groups in total. The summed E-state index contributed by atoms with van der Waals surface area (Å²) in [5.41, 5.74) is 0.327. The van der Waals surface area contributed by atoms with E-state index in [0.29, 0.717) is 0 Å². The molecule has 0 amide bonds. The first kappa shape index (κ1) is 12.8. The highest BCUT2D eigenvalue weighted by atomic mass is 32.2. The molecule has 4 heteroatoms. The Bertz CT molecular complexity index is 257. The van der Waals surface area contributed by atoms with Gasteiger partial charge in [-0.15, -0.1) is 0 Å². The van der Waals surface area contributed by atoms with E-state index in [0.717, 1.165) is 17.5 Å². The van der Waals surface area contributed by atoms with Gasteiger partial charge in [-0.3, -0.25) is 4.99 Å². The van der Waals surface area contributed by atoms with Crippen LogP contribution in [0.15, 0.2) is 4.99 Å². The molecule has 15 heavy (non-hydrogen) atoms. The van der Waals surface area contributed by atoms with Crippen LogP contribution in [0.25, 0.3) is 0 Å². The van der Waals surface area contributed by atoms with Crippen molar-refractivity contribution < 1.29 is 0 Å². The van der Waals surface area contributed by atoms with Gasteiger partial charge in [0.05, 0.1) is 6.54 Å². The Morgan fingerprint density at radius 3 is 2.47 bits per heavy atom. The van der Waals surface area contributed by atoms with Crippen LogP contribution in [0.3, 0.4) is 0 Å². The number of amidine groups is 1. The molecule has 0 aromatic rings. The predicted octanol–water partition coefficient (Wildman–Crippen LogP) is 1.80. The van der Waals surface area contributed by atoms with E-state index in [1.165, 1.54) is 0 Å². The van der Waals surface area contributed by atoms with Crippen molar-refractivity contribution in [3.05, 3.63) is 0 Å². The fourth-order valence-electron chi connectivity index (χ4n) is 1.10. The molecule has 88 valence electrons. The van der Waals surface area contributed by atoms with E-state index in [4.69, 9.17) is 0 Å². The molecule has 0 saturated carbocycles. The zero-order valence-electron chi connectivity index (χ0n) is 10.7. The van der Waals surface area contributed by atoms with E-state index in [9.17, 15) is 0 Å². The summed E-state index contributed by atoms with van der Waals surface area (Å²) in [6, 6.07) is 0. The molecule has 0 aliphatic carbocycles. The number of thioether (sulfide) groups is 1. The Hall–Kier alpha value is -0.220. The summed E-state index contributed by atoms with van der Waals surface area (Å²) in [4.78, 5) is 6.85. The Morgan fingerprint density at radius 2 is 2.07 bits per heavy atom. The average molecular weight is 229 g/mol. The summed E-state index contributed by atoms with van der Waals surface area (Å²) in [5, 5.41) is 4.53. The van der Waals surface area contributed by atoms with Crippen molar-refractivity contribution in [2.24, 2.45) is 4.99 Å². The summed E-state index contributed by atoms with van der Waals surface area (Å²) >= 11 is 1.82. The highest BCUT2D eigenvalue weighted by Gasteiger charge is 2.28. The minimum atomic E-state index is 0.127. The van der Waals surface area contributed by atoms with Crippen LogP contribution >= 0.6 is 11.8 Å². The van der Waals surface area contributed by atoms with Crippen LogP contribution in [-0.2, 0) is 0 Å². The molecular formula is C11H23N3S.